The van der Waals surface area contributed by atoms with Crippen molar-refractivity contribution >= 4 is 22.0 Å². The van der Waals surface area contributed by atoms with Crippen LogP contribution in [0.5, 0.6) is 0 Å². The molecule has 3 N–H and O–H groups in total. The van der Waals surface area contributed by atoms with Crippen molar-refractivity contribution in [3.05, 3.63) is 60.4 Å². The van der Waals surface area contributed by atoms with Crippen molar-refractivity contribution in [2.24, 2.45) is 7.05 Å². The molecule has 1 unspecified atom stereocenters. The molecule has 1 atom stereocenters. The van der Waals surface area contributed by atoms with E-state index >= 15 is 0 Å². The largest absolute Gasteiger partial charge is 0.416 e. The van der Waals surface area contributed by atoms with Crippen LogP contribution in [0.4, 0.5) is 18.0 Å². The summed E-state index contributed by atoms with van der Waals surface area (Å²) >= 11 is 0. The van der Waals surface area contributed by atoms with Gasteiger partial charge in [0.25, 0.3) is 5.91 Å². The van der Waals surface area contributed by atoms with E-state index in [1.807, 2.05) is 0 Å². The number of aryl methyl sites for hydroxylation is 1. The summed E-state index contributed by atoms with van der Waals surface area (Å²) in [5, 5.41) is 8.28. The summed E-state index contributed by atoms with van der Waals surface area (Å²) < 4.78 is 69.2. The van der Waals surface area contributed by atoms with Gasteiger partial charge in [0.05, 0.1) is 30.2 Å². The molecule has 4 rings (SSSR count). The molecule has 3 amide bonds. The molecule has 0 spiro atoms. The number of benzene rings is 1. The molecule has 1 aliphatic heterocycles. The summed E-state index contributed by atoms with van der Waals surface area (Å²) in [7, 11) is -2.72. The fourth-order valence-corrected chi connectivity index (χ4v) is 4.32. The topological polar surface area (TPSA) is 140 Å². The number of imidazole rings is 1. The number of hydrogen-bond donors (Lipinski definition) is 3. The Morgan fingerprint density at radius 2 is 2.00 bits per heavy atom. The first kappa shape index (κ1) is 22.5. The molecule has 1 aromatic carbocycles. The van der Waals surface area contributed by atoms with E-state index in [1.165, 1.54) is 29.1 Å². The highest BCUT2D eigenvalue weighted by Gasteiger charge is 2.51. The lowest BCUT2D eigenvalue weighted by Crippen LogP contribution is -2.53. The van der Waals surface area contributed by atoms with E-state index in [2.05, 4.69) is 25.4 Å². The Bertz CT molecular complexity index is 1350. The summed E-state index contributed by atoms with van der Waals surface area (Å²) in [4.78, 5) is 28.0. The van der Waals surface area contributed by atoms with Crippen molar-refractivity contribution in [1.29, 1.82) is 0 Å². The van der Waals surface area contributed by atoms with Crippen molar-refractivity contribution in [3.63, 3.8) is 0 Å². The number of aromatic nitrogens is 4. The summed E-state index contributed by atoms with van der Waals surface area (Å²) in [6.45, 7) is -0.577. The zero-order valence-electron chi connectivity index (χ0n) is 16.8. The Labute approximate surface area is 184 Å². The van der Waals surface area contributed by atoms with Gasteiger partial charge in [-0.15, -0.1) is 0 Å². The molecular formula is C18H16F3N7O4S. The van der Waals surface area contributed by atoms with Gasteiger partial charge >= 0.3 is 12.2 Å². The molecule has 33 heavy (non-hydrogen) atoms. The number of nitrogens with zero attached hydrogens (tertiary/aromatic N) is 4. The average Bonchev–Trinajstić information content (AvgIpc) is 3.46. The van der Waals surface area contributed by atoms with E-state index in [0.717, 1.165) is 29.2 Å². The minimum absolute atomic E-state index is 0.00168. The van der Waals surface area contributed by atoms with E-state index < -0.39 is 45.8 Å². The van der Waals surface area contributed by atoms with Gasteiger partial charge in [0.2, 0.25) is 10.0 Å². The summed E-state index contributed by atoms with van der Waals surface area (Å²) in [6.07, 6.45) is 0.290. The first-order chi connectivity index (χ1) is 15.4. The Morgan fingerprint density at radius 3 is 2.61 bits per heavy atom. The molecule has 2 aromatic heterocycles. The predicted molar refractivity (Wildman–Crippen MR) is 105 cm³/mol. The number of rotatable bonds is 6. The fourth-order valence-electron chi connectivity index (χ4n) is 3.33. The van der Waals surface area contributed by atoms with Crippen LogP contribution in [-0.4, -0.2) is 46.2 Å². The molecule has 174 valence electrons. The summed E-state index contributed by atoms with van der Waals surface area (Å²) in [5.41, 5.74) is -2.73. The molecular weight excluding hydrogens is 467 g/mol. The minimum atomic E-state index is -4.58. The summed E-state index contributed by atoms with van der Waals surface area (Å²) in [5.74, 6) is -0.711. The lowest BCUT2D eigenvalue weighted by Gasteiger charge is -2.25. The molecule has 11 nitrogen and oxygen atoms in total. The highest BCUT2D eigenvalue weighted by molar-refractivity contribution is 7.89. The average molecular weight is 483 g/mol. The van der Waals surface area contributed by atoms with Crippen LogP contribution >= 0.6 is 0 Å². The Morgan fingerprint density at radius 1 is 1.24 bits per heavy atom. The molecule has 0 bridgehead atoms. The normalized spacial score (nSPS) is 18.9. The Hall–Kier alpha value is -3.72. The molecule has 15 heteroatoms. The highest BCUT2D eigenvalue weighted by atomic mass is 32.2. The van der Waals surface area contributed by atoms with Crippen LogP contribution in [0.3, 0.4) is 0 Å². The van der Waals surface area contributed by atoms with Gasteiger partial charge in [0.15, 0.2) is 5.54 Å². The van der Waals surface area contributed by atoms with E-state index in [0.29, 0.717) is 0 Å². The third-order valence-corrected chi connectivity index (χ3v) is 6.33. The van der Waals surface area contributed by atoms with Crippen LogP contribution in [0.1, 0.15) is 11.4 Å². The van der Waals surface area contributed by atoms with E-state index in [-0.39, 0.29) is 16.4 Å². The third-order valence-electron chi connectivity index (χ3n) is 4.98. The number of sulfonamides is 1. The number of amides is 3. The fraction of sp³-hybridized carbons (Fsp3) is 0.222. The number of halogens is 3. The van der Waals surface area contributed by atoms with Gasteiger partial charge in [0.1, 0.15) is 10.7 Å². The van der Waals surface area contributed by atoms with Crippen molar-refractivity contribution in [1.82, 2.24) is 34.7 Å². The first-order valence-corrected chi connectivity index (χ1v) is 10.7. The van der Waals surface area contributed by atoms with Gasteiger partial charge in [-0.2, -0.15) is 18.3 Å². The number of alkyl halides is 3. The standard InChI is InChI=1S/C18H16F3N7O4S/c1-27-6-5-22-14(27)17(15(29)25-16(30)26-17)10-24-33(31,32)13-8-23-28(9-13)12-4-2-3-11(7-12)18(19,20)21/h2-9,24H,10H2,1H3,(H2,25,26,29,30). The minimum Gasteiger partial charge on any atom is -0.336 e. The predicted octanol–water partition coefficient (Wildman–Crippen LogP) is 0.638. The van der Waals surface area contributed by atoms with Crippen LogP contribution in [0.15, 0.2) is 53.9 Å². The molecule has 1 aliphatic rings. The lowest BCUT2D eigenvalue weighted by molar-refractivity contribution is -0.137. The monoisotopic (exact) mass is 483 g/mol. The van der Waals surface area contributed by atoms with Crippen molar-refractivity contribution in [3.8, 4) is 5.69 Å². The number of carbonyl (C=O) groups is 2. The van der Waals surface area contributed by atoms with Crippen LogP contribution in [0, 0.1) is 0 Å². The van der Waals surface area contributed by atoms with Gasteiger partial charge in [-0.25, -0.2) is 27.6 Å². The van der Waals surface area contributed by atoms with Gasteiger partial charge in [-0.3, -0.25) is 10.1 Å². The molecule has 3 heterocycles. The number of nitrogens with one attached hydrogen (secondary N) is 3. The van der Waals surface area contributed by atoms with Gasteiger partial charge in [-0.05, 0) is 18.2 Å². The van der Waals surface area contributed by atoms with Crippen LogP contribution < -0.4 is 15.4 Å². The van der Waals surface area contributed by atoms with Crippen molar-refractivity contribution in [2.45, 2.75) is 16.6 Å². The van der Waals surface area contributed by atoms with Gasteiger partial charge in [-0.1, -0.05) is 6.07 Å². The smallest absolute Gasteiger partial charge is 0.336 e. The highest BCUT2D eigenvalue weighted by Crippen LogP contribution is 2.30. The van der Waals surface area contributed by atoms with Gasteiger partial charge in [0, 0.05) is 19.4 Å². The van der Waals surface area contributed by atoms with Crippen LogP contribution in [-0.2, 0) is 33.6 Å². The van der Waals surface area contributed by atoms with Crippen molar-refractivity contribution in [2.75, 3.05) is 6.54 Å². The maximum Gasteiger partial charge on any atom is 0.416 e. The zero-order chi connectivity index (χ0) is 24.0. The molecule has 0 aliphatic carbocycles. The zero-order valence-corrected chi connectivity index (χ0v) is 17.6. The maximum atomic E-state index is 13.0. The van der Waals surface area contributed by atoms with E-state index in [1.54, 1.807) is 7.05 Å². The quantitative estimate of drug-likeness (QED) is 0.440. The van der Waals surface area contributed by atoms with E-state index in [9.17, 15) is 31.2 Å². The van der Waals surface area contributed by atoms with Gasteiger partial charge < -0.3 is 9.88 Å². The molecule has 1 saturated heterocycles. The number of carbonyl (C=O) groups excluding carboxylic acids is 2. The lowest BCUT2D eigenvalue weighted by atomic mass is 9.99. The maximum absolute atomic E-state index is 13.0. The van der Waals surface area contributed by atoms with Crippen molar-refractivity contribution < 1.29 is 31.2 Å². The number of hydrogen-bond acceptors (Lipinski definition) is 6. The second kappa shape index (κ2) is 7.70. The number of urea groups is 1. The second-order valence-electron chi connectivity index (χ2n) is 7.17. The van der Waals surface area contributed by atoms with Crippen LogP contribution in [0.2, 0.25) is 0 Å². The van der Waals surface area contributed by atoms with E-state index in [4.69, 9.17) is 0 Å². The molecule has 0 radical (unpaired) electrons. The Kier molecular flexibility index (Phi) is 5.24. The SMILES string of the molecule is Cn1ccnc1C1(CNS(=O)(=O)c2cnn(-c3cccc(C(F)(F)F)c3)c2)NC(=O)NC1=O. The summed E-state index contributed by atoms with van der Waals surface area (Å²) in [6, 6.07) is 3.39. The Balaban J connectivity index is 1.60. The molecule has 0 saturated carbocycles. The second-order valence-corrected chi connectivity index (χ2v) is 8.94. The molecule has 1 fully saturated rings. The molecule has 3 aromatic rings. The first-order valence-electron chi connectivity index (χ1n) is 9.26. The van der Waals surface area contributed by atoms with Crippen LogP contribution in [0.25, 0.3) is 5.69 Å². The number of imide groups is 1. The third kappa shape index (κ3) is 4.07.